The van der Waals surface area contributed by atoms with Gasteiger partial charge in [0.2, 0.25) is 0 Å². The van der Waals surface area contributed by atoms with Gasteiger partial charge in [0.25, 0.3) is 0 Å². The molecular weight excluding hydrogens is 224 g/mol. The summed E-state index contributed by atoms with van der Waals surface area (Å²) in [5, 5.41) is 13.3. The zero-order valence-corrected chi connectivity index (χ0v) is 10.3. The van der Waals surface area contributed by atoms with E-state index >= 15 is 0 Å². The fraction of sp³-hybridized carbons (Fsp3) is 0.636. The number of aryl methyl sites for hydroxylation is 2. The van der Waals surface area contributed by atoms with E-state index in [1.807, 2.05) is 13.8 Å². The molecule has 0 radical (unpaired) electrons. The minimum absolute atomic E-state index is 0.0798. The van der Waals surface area contributed by atoms with Gasteiger partial charge in [-0.05, 0) is 26.8 Å². The minimum atomic E-state index is -0.720. The van der Waals surface area contributed by atoms with Gasteiger partial charge in [-0.3, -0.25) is 4.79 Å². The maximum absolute atomic E-state index is 11.2. The van der Waals surface area contributed by atoms with Crippen LogP contribution in [0.5, 0.6) is 0 Å². The highest BCUT2D eigenvalue weighted by Crippen LogP contribution is 2.34. The van der Waals surface area contributed by atoms with Crippen molar-refractivity contribution in [2.24, 2.45) is 5.92 Å². The number of thiazole rings is 1. The van der Waals surface area contributed by atoms with Crippen LogP contribution in [0.3, 0.4) is 0 Å². The summed E-state index contributed by atoms with van der Waals surface area (Å²) in [5.74, 6) is -0.974. The smallest absolute Gasteiger partial charge is 0.308 e. The van der Waals surface area contributed by atoms with Crippen molar-refractivity contribution in [3.05, 3.63) is 15.6 Å². The van der Waals surface area contributed by atoms with Gasteiger partial charge in [0.1, 0.15) is 0 Å². The number of carbonyl (C=O) groups is 1. The standard InChI is InChI=1S/C11H16N2O2S/c1-6-7(2)16-10(13-6)8-3-4-12-5-9(8)11(14)15/h8-9,12H,3-5H2,1-2H3,(H,14,15). The van der Waals surface area contributed by atoms with E-state index in [4.69, 9.17) is 0 Å². The number of rotatable bonds is 2. The molecule has 0 spiro atoms. The second kappa shape index (κ2) is 4.51. The van der Waals surface area contributed by atoms with Crippen molar-refractivity contribution >= 4 is 17.3 Å². The molecule has 5 heteroatoms. The molecule has 0 bridgehead atoms. The Bertz CT molecular complexity index is 383. The van der Waals surface area contributed by atoms with Crippen LogP contribution < -0.4 is 5.32 Å². The molecule has 4 nitrogen and oxygen atoms in total. The summed E-state index contributed by atoms with van der Waals surface area (Å²) < 4.78 is 0. The van der Waals surface area contributed by atoms with Gasteiger partial charge in [-0.25, -0.2) is 4.98 Å². The largest absolute Gasteiger partial charge is 0.481 e. The van der Waals surface area contributed by atoms with Gasteiger partial charge in [0.15, 0.2) is 0 Å². The predicted octanol–water partition coefficient (Wildman–Crippen LogP) is 1.54. The highest BCUT2D eigenvalue weighted by atomic mass is 32.1. The van der Waals surface area contributed by atoms with Gasteiger partial charge in [0, 0.05) is 17.3 Å². The van der Waals surface area contributed by atoms with Gasteiger partial charge < -0.3 is 10.4 Å². The fourth-order valence-corrected chi connectivity index (χ4v) is 3.19. The van der Waals surface area contributed by atoms with Crippen molar-refractivity contribution in [1.82, 2.24) is 10.3 Å². The number of nitrogens with zero attached hydrogens (tertiary/aromatic N) is 1. The second-order valence-corrected chi connectivity index (χ2v) is 5.47. The molecule has 1 saturated heterocycles. The average Bonchev–Trinajstić information content (AvgIpc) is 2.59. The second-order valence-electron chi connectivity index (χ2n) is 4.24. The van der Waals surface area contributed by atoms with Crippen molar-refractivity contribution in [2.75, 3.05) is 13.1 Å². The first-order valence-electron chi connectivity index (χ1n) is 5.47. The van der Waals surface area contributed by atoms with Gasteiger partial charge in [0.05, 0.1) is 16.6 Å². The Balaban J connectivity index is 2.26. The Morgan fingerprint density at radius 2 is 2.31 bits per heavy atom. The summed E-state index contributed by atoms with van der Waals surface area (Å²) in [4.78, 5) is 16.9. The van der Waals surface area contributed by atoms with Gasteiger partial charge >= 0.3 is 5.97 Å². The molecular formula is C11H16N2O2S. The summed E-state index contributed by atoms with van der Waals surface area (Å²) in [6.07, 6.45) is 0.864. The van der Waals surface area contributed by atoms with Crippen molar-refractivity contribution in [3.63, 3.8) is 0 Å². The minimum Gasteiger partial charge on any atom is -0.481 e. The van der Waals surface area contributed by atoms with Crippen molar-refractivity contribution < 1.29 is 9.90 Å². The monoisotopic (exact) mass is 240 g/mol. The quantitative estimate of drug-likeness (QED) is 0.823. The lowest BCUT2D eigenvalue weighted by atomic mass is 9.87. The number of hydrogen-bond donors (Lipinski definition) is 2. The van der Waals surface area contributed by atoms with E-state index < -0.39 is 5.97 Å². The number of piperidine rings is 1. The summed E-state index contributed by atoms with van der Waals surface area (Å²) in [6.45, 7) is 5.45. The maximum atomic E-state index is 11.2. The molecule has 0 amide bonds. The van der Waals surface area contributed by atoms with E-state index in [0.717, 1.165) is 23.7 Å². The highest BCUT2D eigenvalue weighted by Gasteiger charge is 2.33. The van der Waals surface area contributed by atoms with Crippen LogP contribution in [0.4, 0.5) is 0 Å². The molecule has 1 fully saturated rings. The van der Waals surface area contributed by atoms with Gasteiger partial charge in [-0.15, -0.1) is 11.3 Å². The molecule has 1 aliphatic rings. The zero-order valence-electron chi connectivity index (χ0n) is 9.49. The molecule has 1 aromatic heterocycles. The Hall–Kier alpha value is -0.940. The summed E-state index contributed by atoms with van der Waals surface area (Å²) in [7, 11) is 0. The molecule has 16 heavy (non-hydrogen) atoms. The molecule has 1 aliphatic heterocycles. The molecule has 0 aromatic carbocycles. The Morgan fingerprint density at radius 1 is 1.56 bits per heavy atom. The van der Waals surface area contributed by atoms with Crippen LogP contribution in [0.2, 0.25) is 0 Å². The fourth-order valence-electron chi connectivity index (χ4n) is 2.07. The first kappa shape index (κ1) is 11.5. The van der Waals surface area contributed by atoms with Crippen LogP contribution in [0.1, 0.15) is 27.9 Å². The first-order valence-corrected chi connectivity index (χ1v) is 6.28. The topological polar surface area (TPSA) is 62.2 Å². The van der Waals surface area contributed by atoms with E-state index in [1.165, 1.54) is 4.88 Å². The Labute approximate surface area is 98.7 Å². The summed E-state index contributed by atoms with van der Waals surface area (Å²) in [6, 6.07) is 0. The van der Waals surface area contributed by atoms with E-state index in [-0.39, 0.29) is 11.8 Å². The van der Waals surface area contributed by atoms with Crippen molar-refractivity contribution in [3.8, 4) is 0 Å². The molecule has 0 saturated carbocycles. The molecule has 88 valence electrons. The van der Waals surface area contributed by atoms with Crippen molar-refractivity contribution in [1.29, 1.82) is 0 Å². The number of carboxylic acids is 1. The Morgan fingerprint density at radius 3 is 2.88 bits per heavy atom. The predicted molar refractivity (Wildman–Crippen MR) is 62.9 cm³/mol. The summed E-state index contributed by atoms with van der Waals surface area (Å²) >= 11 is 1.64. The lowest BCUT2D eigenvalue weighted by Crippen LogP contribution is -2.39. The van der Waals surface area contributed by atoms with E-state index in [0.29, 0.717) is 6.54 Å². The number of aromatic nitrogens is 1. The Kier molecular flexibility index (Phi) is 3.25. The number of aliphatic carboxylic acids is 1. The molecule has 2 heterocycles. The van der Waals surface area contributed by atoms with Crippen LogP contribution in [0.15, 0.2) is 0 Å². The third kappa shape index (κ3) is 2.10. The lowest BCUT2D eigenvalue weighted by molar-refractivity contribution is -0.142. The van der Waals surface area contributed by atoms with Crippen LogP contribution >= 0.6 is 11.3 Å². The molecule has 1 aromatic rings. The van der Waals surface area contributed by atoms with Gasteiger partial charge in [-0.1, -0.05) is 0 Å². The maximum Gasteiger partial charge on any atom is 0.308 e. The van der Waals surface area contributed by atoms with Crippen LogP contribution in [0, 0.1) is 19.8 Å². The normalized spacial score (nSPS) is 25.6. The number of carboxylic acid groups (broad SMARTS) is 1. The highest BCUT2D eigenvalue weighted by molar-refractivity contribution is 7.11. The SMILES string of the molecule is Cc1nc(C2CCNCC2C(=O)O)sc1C. The molecule has 0 aliphatic carbocycles. The average molecular weight is 240 g/mol. The number of hydrogen-bond acceptors (Lipinski definition) is 4. The van der Waals surface area contributed by atoms with Crippen molar-refractivity contribution in [2.45, 2.75) is 26.2 Å². The van der Waals surface area contributed by atoms with E-state index in [9.17, 15) is 9.90 Å². The van der Waals surface area contributed by atoms with E-state index in [2.05, 4.69) is 10.3 Å². The molecule has 2 N–H and O–H groups in total. The first-order chi connectivity index (χ1) is 7.59. The number of nitrogens with one attached hydrogen (secondary N) is 1. The van der Waals surface area contributed by atoms with Gasteiger partial charge in [-0.2, -0.15) is 0 Å². The third-order valence-corrected chi connectivity index (χ3v) is 4.37. The third-order valence-electron chi connectivity index (χ3n) is 3.16. The molecule has 2 rings (SSSR count). The van der Waals surface area contributed by atoms with Crippen LogP contribution in [-0.4, -0.2) is 29.1 Å². The van der Waals surface area contributed by atoms with Crippen LogP contribution in [0.25, 0.3) is 0 Å². The zero-order chi connectivity index (χ0) is 11.7. The lowest BCUT2D eigenvalue weighted by Gasteiger charge is -2.27. The molecule has 2 atom stereocenters. The van der Waals surface area contributed by atoms with E-state index in [1.54, 1.807) is 11.3 Å². The molecule has 2 unspecified atom stereocenters. The summed E-state index contributed by atoms with van der Waals surface area (Å²) in [5.41, 5.74) is 1.03. The van der Waals surface area contributed by atoms with Crippen LogP contribution in [-0.2, 0) is 4.79 Å².